The number of aromatic nitrogens is 3. The summed E-state index contributed by atoms with van der Waals surface area (Å²) in [5, 5.41) is 12.6. The van der Waals surface area contributed by atoms with Gasteiger partial charge in [-0.2, -0.15) is 0 Å². The number of benzene rings is 3. The fraction of sp³-hybridized carbons (Fsp3) is 0.0455. The first kappa shape index (κ1) is 18.7. The van der Waals surface area contributed by atoms with Crippen LogP contribution in [0.5, 0.6) is 0 Å². The van der Waals surface area contributed by atoms with Crippen LogP contribution in [0.1, 0.15) is 5.56 Å². The lowest BCUT2D eigenvalue weighted by Gasteiger charge is -2.08. The Morgan fingerprint density at radius 2 is 1.83 bits per heavy atom. The number of rotatable bonds is 4. The molecular weight excluding hydrogens is 420 g/mol. The van der Waals surface area contributed by atoms with Crippen molar-refractivity contribution in [3.63, 3.8) is 0 Å². The van der Waals surface area contributed by atoms with Crippen molar-refractivity contribution in [3.8, 4) is 11.4 Å². The number of halogens is 1. The Hall–Kier alpha value is -3.29. The lowest BCUT2D eigenvalue weighted by molar-refractivity contribution is 0.560. The zero-order chi connectivity index (χ0) is 20.7. The lowest BCUT2D eigenvalue weighted by Crippen LogP contribution is -2.11. The normalized spacial score (nSPS) is 11.4. The number of thioether (sulfide) groups is 1. The highest BCUT2D eigenvalue weighted by Crippen LogP contribution is 2.31. The van der Waals surface area contributed by atoms with Crippen LogP contribution in [0.4, 0.5) is 0 Å². The molecule has 8 heteroatoms. The van der Waals surface area contributed by atoms with Gasteiger partial charge in [0.2, 0.25) is 5.16 Å². The quantitative estimate of drug-likeness (QED) is 0.188. The zero-order valence-corrected chi connectivity index (χ0v) is 17.2. The van der Waals surface area contributed by atoms with E-state index in [1.807, 2.05) is 48.5 Å². The highest BCUT2D eigenvalue weighted by Gasteiger charge is 2.15. The minimum Gasteiger partial charge on any atom is -0.423 e. The van der Waals surface area contributed by atoms with Crippen molar-refractivity contribution in [1.82, 2.24) is 14.9 Å². The Labute approximate surface area is 180 Å². The second-order valence-electron chi connectivity index (χ2n) is 6.72. The molecule has 5 aromatic rings. The Kier molecular flexibility index (Phi) is 4.69. The first-order valence-electron chi connectivity index (χ1n) is 9.14. The summed E-state index contributed by atoms with van der Waals surface area (Å²) in [6, 6.07) is 20.6. The molecule has 5 rings (SSSR count). The topological polar surface area (TPSA) is 86.9 Å². The third-order valence-corrected chi connectivity index (χ3v) is 6.08. The SMILES string of the molecule is Nn1c(SCc2cc(=O)oc3ccc4ccccc4c23)nnc1-c1ccc(Cl)cc1. The second-order valence-corrected chi connectivity index (χ2v) is 8.10. The van der Waals surface area contributed by atoms with Crippen molar-refractivity contribution in [3.05, 3.63) is 87.7 Å². The molecule has 6 nitrogen and oxygen atoms in total. The van der Waals surface area contributed by atoms with Gasteiger partial charge < -0.3 is 10.3 Å². The summed E-state index contributed by atoms with van der Waals surface area (Å²) >= 11 is 7.36. The van der Waals surface area contributed by atoms with E-state index in [0.29, 0.717) is 27.3 Å². The van der Waals surface area contributed by atoms with Crippen LogP contribution in [-0.2, 0) is 5.75 Å². The monoisotopic (exact) mass is 434 g/mol. The number of nitrogens with zero attached hydrogens (tertiary/aromatic N) is 3. The van der Waals surface area contributed by atoms with Gasteiger partial charge in [-0.15, -0.1) is 10.2 Å². The summed E-state index contributed by atoms with van der Waals surface area (Å²) in [6.45, 7) is 0. The summed E-state index contributed by atoms with van der Waals surface area (Å²) in [6.07, 6.45) is 0. The summed E-state index contributed by atoms with van der Waals surface area (Å²) < 4.78 is 6.87. The van der Waals surface area contributed by atoms with Crippen molar-refractivity contribution in [1.29, 1.82) is 0 Å². The van der Waals surface area contributed by atoms with E-state index in [1.54, 1.807) is 12.1 Å². The van der Waals surface area contributed by atoms with Gasteiger partial charge in [0, 0.05) is 27.8 Å². The molecule has 30 heavy (non-hydrogen) atoms. The van der Waals surface area contributed by atoms with E-state index < -0.39 is 0 Å². The molecule has 0 radical (unpaired) electrons. The van der Waals surface area contributed by atoms with Gasteiger partial charge in [0.25, 0.3) is 0 Å². The molecular formula is C22H15ClN4O2S. The first-order valence-corrected chi connectivity index (χ1v) is 10.5. The van der Waals surface area contributed by atoms with Gasteiger partial charge in [-0.1, -0.05) is 53.7 Å². The highest BCUT2D eigenvalue weighted by molar-refractivity contribution is 7.98. The summed E-state index contributed by atoms with van der Waals surface area (Å²) in [7, 11) is 0. The van der Waals surface area contributed by atoms with E-state index in [4.69, 9.17) is 21.9 Å². The molecule has 0 atom stereocenters. The van der Waals surface area contributed by atoms with Gasteiger partial charge in [-0.25, -0.2) is 9.47 Å². The van der Waals surface area contributed by atoms with Crippen LogP contribution in [0.25, 0.3) is 33.1 Å². The number of hydrogen-bond acceptors (Lipinski definition) is 6. The van der Waals surface area contributed by atoms with Crippen LogP contribution < -0.4 is 11.5 Å². The van der Waals surface area contributed by atoms with Crippen LogP contribution >= 0.6 is 23.4 Å². The Bertz CT molecular complexity index is 1440. The third-order valence-electron chi connectivity index (χ3n) is 4.84. The zero-order valence-electron chi connectivity index (χ0n) is 15.6. The molecule has 2 aromatic heterocycles. The Morgan fingerprint density at radius 1 is 1.03 bits per heavy atom. The molecule has 2 heterocycles. The predicted molar refractivity (Wildman–Crippen MR) is 120 cm³/mol. The van der Waals surface area contributed by atoms with Crippen LogP contribution in [0, 0.1) is 0 Å². The molecule has 0 aliphatic rings. The van der Waals surface area contributed by atoms with Crippen molar-refractivity contribution in [2.75, 3.05) is 5.84 Å². The summed E-state index contributed by atoms with van der Waals surface area (Å²) in [5.74, 6) is 7.26. The molecule has 0 aliphatic heterocycles. The summed E-state index contributed by atoms with van der Waals surface area (Å²) in [4.78, 5) is 12.1. The van der Waals surface area contributed by atoms with Gasteiger partial charge >= 0.3 is 5.63 Å². The van der Waals surface area contributed by atoms with Gasteiger partial charge in [-0.05, 0) is 46.7 Å². The highest BCUT2D eigenvalue weighted by atomic mass is 35.5. The predicted octanol–water partition coefficient (Wildman–Crippen LogP) is 4.86. The fourth-order valence-electron chi connectivity index (χ4n) is 3.45. The maximum Gasteiger partial charge on any atom is 0.336 e. The number of nitrogens with two attached hydrogens (primary N) is 1. The molecule has 0 bridgehead atoms. The first-order chi connectivity index (χ1) is 14.6. The average Bonchev–Trinajstić information content (AvgIpc) is 3.12. The second kappa shape index (κ2) is 7.51. The van der Waals surface area contributed by atoms with Crippen LogP contribution in [0.2, 0.25) is 5.02 Å². The molecule has 0 unspecified atom stereocenters. The maximum absolute atomic E-state index is 12.1. The van der Waals surface area contributed by atoms with E-state index in [-0.39, 0.29) is 5.63 Å². The van der Waals surface area contributed by atoms with Crippen LogP contribution in [0.15, 0.2) is 81.1 Å². The van der Waals surface area contributed by atoms with Crippen LogP contribution in [0.3, 0.4) is 0 Å². The van der Waals surface area contributed by atoms with Gasteiger partial charge in [-0.3, -0.25) is 0 Å². The van der Waals surface area contributed by atoms with Gasteiger partial charge in [0.05, 0.1) is 0 Å². The molecule has 0 saturated carbocycles. The number of fused-ring (bicyclic) bond motifs is 3. The minimum absolute atomic E-state index is 0.385. The van der Waals surface area contributed by atoms with E-state index in [0.717, 1.165) is 27.3 Å². The largest absolute Gasteiger partial charge is 0.423 e. The smallest absolute Gasteiger partial charge is 0.336 e. The molecule has 0 spiro atoms. The lowest BCUT2D eigenvalue weighted by atomic mass is 10.0. The molecule has 2 N–H and O–H groups in total. The Balaban J connectivity index is 1.52. The number of hydrogen-bond donors (Lipinski definition) is 1. The fourth-order valence-corrected chi connectivity index (χ4v) is 4.41. The molecule has 0 saturated heterocycles. The molecule has 0 fully saturated rings. The summed E-state index contributed by atoms with van der Waals surface area (Å²) in [5.41, 5.74) is 1.86. The van der Waals surface area contributed by atoms with E-state index in [9.17, 15) is 4.79 Å². The van der Waals surface area contributed by atoms with E-state index in [2.05, 4.69) is 10.2 Å². The van der Waals surface area contributed by atoms with E-state index >= 15 is 0 Å². The average molecular weight is 435 g/mol. The molecule has 0 aliphatic carbocycles. The third kappa shape index (κ3) is 3.32. The minimum atomic E-state index is -0.385. The standard InChI is InChI=1S/C22H15ClN4O2S/c23-16-8-5-14(6-9-16)21-25-26-22(27(21)24)30-12-15-11-19(28)29-18-10-7-13-3-1-2-4-17(13)20(15)18/h1-11H,12,24H2. The van der Waals surface area contributed by atoms with Crippen molar-refractivity contribution >= 4 is 45.1 Å². The van der Waals surface area contributed by atoms with E-state index in [1.165, 1.54) is 22.5 Å². The number of nitrogen functional groups attached to an aromatic ring is 1. The van der Waals surface area contributed by atoms with Gasteiger partial charge in [0.1, 0.15) is 5.58 Å². The van der Waals surface area contributed by atoms with Crippen molar-refractivity contribution in [2.24, 2.45) is 0 Å². The maximum atomic E-state index is 12.1. The molecule has 3 aromatic carbocycles. The molecule has 148 valence electrons. The van der Waals surface area contributed by atoms with Crippen LogP contribution in [-0.4, -0.2) is 14.9 Å². The Morgan fingerprint density at radius 3 is 2.67 bits per heavy atom. The van der Waals surface area contributed by atoms with Crippen molar-refractivity contribution < 1.29 is 4.42 Å². The van der Waals surface area contributed by atoms with Crippen molar-refractivity contribution in [2.45, 2.75) is 10.9 Å². The van der Waals surface area contributed by atoms with Gasteiger partial charge in [0.15, 0.2) is 5.82 Å². The molecule has 0 amide bonds.